The number of aliphatic imine (C=N–C) groups is 1. The number of hydrogen-bond acceptors (Lipinski definition) is 6. The van der Waals surface area contributed by atoms with Crippen LogP contribution < -0.4 is 11.3 Å². The molecule has 2 N–H and O–H groups in total. The topological polar surface area (TPSA) is 89.4 Å². The molecule has 0 aromatic carbocycles. The monoisotopic (exact) mass is 516 g/mol. The second-order valence-electron chi connectivity index (χ2n) is 10.3. The van der Waals surface area contributed by atoms with Crippen molar-refractivity contribution in [3.63, 3.8) is 0 Å². The molecule has 4 rings (SSSR count). The van der Waals surface area contributed by atoms with Crippen molar-refractivity contribution in [2.45, 2.75) is 85.2 Å². The number of allylic oxidation sites excluding steroid dienone is 3. The average Bonchev–Trinajstić information content (AvgIpc) is 2.94. The first kappa shape index (κ1) is 29.1. The van der Waals surface area contributed by atoms with E-state index in [9.17, 15) is 4.79 Å². The zero-order valence-electron chi connectivity index (χ0n) is 23.8. The Hall–Kier alpha value is -3.48. The maximum Gasteiger partial charge on any atom is 0.253 e. The normalized spacial score (nSPS) is 17.0. The number of rotatable bonds is 6. The molecule has 0 bridgehead atoms. The van der Waals surface area contributed by atoms with Gasteiger partial charge in [-0.1, -0.05) is 46.1 Å². The molecular formula is C31H44N6O. The molecule has 0 radical (unpaired) electrons. The van der Waals surface area contributed by atoms with Crippen molar-refractivity contribution >= 4 is 17.4 Å². The Kier molecular flexibility index (Phi) is 10.6. The molecule has 2 aliphatic rings. The van der Waals surface area contributed by atoms with Gasteiger partial charge in [0.2, 0.25) is 0 Å². The Bertz CT molecular complexity index is 1260. The minimum Gasteiger partial charge on any atom is -0.404 e. The van der Waals surface area contributed by atoms with Gasteiger partial charge in [-0.3, -0.25) is 19.3 Å². The van der Waals surface area contributed by atoms with Crippen LogP contribution in [0.2, 0.25) is 0 Å². The lowest BCUT2D eigenvalue weighted by molar-refractivity contribution is 0.326. The molecule has 2 aromatic rings. The number of fused-ring (bicyclic) bond motifs is 1. The van der Waals surface area contributed by atoms with Gasteiger partial charge in [0.05, 0.1) is 0 Å². The Morgan fingerprint density at radius 2 is 1.92 bits per heavy atom. The minimum atomic E-state index is -0.0749. The first-order valence-corrected chi connectivity index (χ1v) is 13.9. The van der Waals surface area contributed by atoms with E-state index < -0.39 is 0 Å². The zero-order chi connectivity index (χ0) is 27.7. The van der Waals surface area contributed by atoms with Crippen LogP contribution in [-0.4, -0.2) is 38.2 Å². The van der Waals surface area contributed by atoms with E-state index in [1.54, 1.807) is 24.0 Å². The van der Waals surface area contributed by atoms with E-state index in [2.05, 4.69) is 36.4 Å². The lowest BCUT2D eigenvalue weighted by Crippen LogP contribution is -2.31. The van der Waals surface area contributed by atoms with Crippen LogP contribution in [-0.2, 0) is 20.0 Å². The fourth-order valence-electron chi connectivity index (χ4n) is 4.89. The zero-order valence-corrected chi connectivity index (χ0v) is 23.8. The maximum atomic E-state index is 12.1. The number of nitrogens with zero attached hydrogens (tertiary/aromatic N) is 5. The van der Waals surface area contributed by atoms with Gasteiger partial charge in [0.1, 0.15) is 5.82 Å². The van der Waals surface area contributed by atoms with E-state index in [4.69, 9.17) is 15.7 Å². The van der Waals surface area contributed by atoms with Crippen molar-refractivity contribution in [3.8, 4) is 0 Å². The third-order valence-corrected chi connectivity index (χ3v) is 7.33. The highest BCUT2D eigenvalue weighted by atomic mass is 16.1. The minimum absolute atomic E-state index is 0.0749. The standard InChI is InChI=1S/C28H36N6O.C3H8/c1-19(20(2)28-30-12-10-27(35)33(28)4)21(3)34-13-11-26-23(18-34)14-22(16-32-26)24(15-29)17-31-25-8-6-5-7-9-25;1-3-2/h10,12,14-17,25H,3,5-9,11,13,18,29H2,1-2,4H3;3H2,1-2H3/b20-19-,24-15+,31-17?;. The molecule has 0 atom stereocenters. The molecule has 0 saturated heterocycles. The van der Waals surface area contributed by atoms with Gasteiger partial charge in [0.25, 0.3) is 5.56 Å². The second kappa shape index (κ2) is 13.9. The summed E-state index contributed by atoms with van der Waals surface area (Å²) >= 11 is 0. The van der Waals surface area contributed by atoms with E-state index in [-0.39, 0.29) is 5.56 Å². The summed E-state index contributed by atoms with van der Waals surface area (Å²) in [5.41, 5.74) is 13.0. The predicted octanol–water partition coefficient (Wildman–Crippen LogP) is 5.66. The van der Waals surface area contributed by atoms with Crippen LogP contribution in [0.5, 0.6) is 0 Å². The molecule has 0 amide bonds. The van der Waals surface area contributed by atoms with Gasteiger partial charge in [0, 0.05) is 86.0 Å². The van der Waals surface area contributed by atoms with Crippen molar-refractivity contribution in [2.24, 2.45) is 17.8 Å². The molecule has 7 heteroatoms. The first-order valence-electron chi connectivity index (χ1n) is 13.9. The van der Waals surface area contributed by atoms with Crippen LogP contribution >= 0.6 is 0 Å². The van der Waals surface area contributed by atoms with Crippen LogP contribution in [0.15, 0.2) is 58.4 Å². The largest absolute Gasteiger partial charge is 0.404 e. The van der Waals surface area contributed by atoms with Gasteiger partial charge >= 0.3 is 0 Å². The van der Waals surface area contributed by atoms with Gasteiger partial charge in [0.15, 0.2) is 0 Å². The number of nitrogens with two attached hydrogens (primary N) is 1. The van der Waals surface area contributed by atoms with E-state index in [0.29, 0.717) is 11.9 Å². The number of aromatic nitrogens is 3. The lowest BCUT2D eigenvalue weighted by Gasteiger charge is -2.33. The Morgan fingerprint density at radius 1 is 1.21 bits per heavy atom. The van der Waals surface area contributed by atoms with Crippen molar-refractivity contribution in [1.29, 1.82) is 0 Å². The third kappa shape index (κ3) is 7.09. The maximum absolute atomic E-state index is 12.1. The van der Waals surface area contributed by atoms with E-state index in [1.807, 2.05) is 26.3 Å². The van der Waals surface area contributed by atoms with Crippen molar-refractivity contribution in [3.05, 3.63) is 81.6 Å². The first-order chi connectivity index (χ1) is 18.3. The summed E-state index contributed by atoms with van der Waals surface area (Å²) in [6, 6.07) is 4.05. The summed E-state index contributed by atoms with van der Waals surface area (Å²) in [6.45, 7) is 14.2. The Morgan fingerprint density at radius 3 is 2.61 bits per heavy atom. The average molecular weight is 517 g/mol. The third-order valence-electron chi connectivity index (χ3n) is 7.33. The Labute approximate surface area is 227 Å². The Balaban J connectivity index is 0.00000127. The molecule has 1 aliphatic carbocycles. The molecule has 1 fully saturated rings. The van der Waals surface area contributed by atoms with Gasteiger partial charge in [-0.2, -0.15) is 0 Å². The fourth-order valence-corrected chi connectivity index (χ4v) is 4.89. The van der Waals surface area contributed by atoms with E-state index in [0.717, 1.165) is 66.0 Å². The van der Waals surface area contributed by atoms with Gasteiger partial charge in [-0.25, -0.2) is 4.98 Å². The summed E-state index contributed by atoms with van der Waals surface area (Å²) < 4.78 is 1.57. The van der Waals surface area contributed by atoms with Gasteiger partial charge in [-0.05, 0) is 49.5 Å². The van der Waals surface area contributed by atoms with Crippen LogP contribution in [0.1, 0.15) is 88.9 Å². The fraction of sp³-hybridized carbons (Fsp3) is 0.484. The van der Waals surface area contributed by atoms with E-state index in [1.165, 1.54) is 37.3 Å². The highest BCUT2D eigenvalue weighted by Crippen LogP contribution is 2.28. The van der Waals surface area contributed by atoms with Crippen LogP contribution in [0.25, 0.3) is 11.1 Å². The van der Waals surface area contributed by atoms with Gasteiger partial charge in [-0.15, -0.1) is 0 Å². The summed E-state index contributed by atoms with van der Waals surface area (Å²) in [6.07, 6.45) is 15.3. The highest BCUT2D eigenvalue weighted by Gasteiger charge is 2.21. The molecule has 3 heterocycles. The smallest absolute Gasteiger partial charge is 0.253 e. The van der Waals surface area contributed by atoms with Crippen molar-refractivity contribution in [2.75, 3.05) is 6.54 Å². The summed E-state index contributed by atoms with van der Waals surface area (Å²) in [5.74, 6) is 0.660. The molecule has 0 spiro atoms. The molecule has 38 heavy (non-hydrogen) atoms. The highest BCUT2D eigenvalue weighted by molar-refractivity contribution is 6.09. The lowest BCUT2D eigenvalue weighted by atomic mass is 9.96. The molecular weight excluding hydrogens is 472 g/mol. The van der Waals surface area contributed by atoms with Crippen LogP contribution in [0, 0.1) is 0 Å². The quantitative estimate of drug-likeness (QED) is 0.395. The van der Waals surface area contributed by atoms with Crippen LogP contribution in [0.4, 0.5) is 0 Å². The summed E-state index contributed by atoms with van der Waals surface area (Å²) in [7, 11) is 1.74. The summed E-state index contributed by atoms with van der Waals surface area (Å²) in [4.78, 5) is 28.3. The SMILES string of the molecule is C=C(/C(C)=C(/C)c1nccc(=O)n1C)N1CCc2ncc(/C(C=NC3CCCCC3)=C/N)cc2C1.CCC. The van der Waals surface area contributed by atoms with Crippen molar-refractivity contribution in [1.82, 2.24) is 19.4 Å². The number of pyridine rings is 1. The van der Waals surface area contributed by atoms with Gasteiger partial charge < -0.3 is 10.6 Å². The molecule has 1 saturated carbocycles. The molecule has 1 aliphatic heterocycles. The number of hydrogen-bond donors (Lipinski definition) is 1. The molecule has 2 aromatic heterocycles. The van der Waals surface area contributed by atoms with Crippen molar-refractivity contribution < 1.29 is 0 Å². The predicted molar refractivity (Wildman–Crippen MR) is 159 cm³/mol. The van der Waals surface area contributed by atoms with E-state index >= 15 is 0 Å². The summed E-state index contributed by atoms with van der Waals surface area (Å²) in [5, 5.41) is 0. The second-order valence-corrected chi connectivity index (χ2v) is 10.3. The molecule has 7 nitrogen and oxygen atoms in total. The molecule has 204 valence electrons. The molecule has 0 unspecified atom stereocenters. The van der Waals surface area contributed by atoms with Crippen LogP contribution in [0.3, 0.4) is 0 Å².